The van der Waals surface area contributed by atoms with E-state index in [1.54, 1.807) is 6.07 Å². The van der Waals surface area contributed by atoms with Crippen molar-refractivity contribution in [2.45, 2.75) is 38.3 Å². The Morgan fingerprint density at radius 1 is 1.43 bits per heavy atom. The maximum Gasteiger partial charge on any atom is 0.163 e. The Kier molecular flexibility index (Phi) is 4.96. The largest absolute Gasteiger partial charge is 0.497 e. The molecule has 1 aromatic rings. The van der Waals surface area contributed by atoms with Gasteiger partial charge in [-0.25, -0.2) is 19.2 Å². The van der Waals surface area contributed by atoms with E-state index in [1.165, 1.54) is 6.07 Å². The SMILES string of the molecule is C=C(OCC)C1(N(C)NCc2cccc(F)c2F)CCC1. The van der Waals surface area contributed by atoms with Crippen molar-refractivity contribution in [1.29, 1.82) is 0 Å². The molecule has 0 amide bonds. The number of hydrogen-bond donors (Lipinski definition) is 1. The first kappa shape index (κ1) is 15.9. The molecule has 1 N–H and O–H groups in total. The molecular formula is C16H22F2N2O. The van der Waals surface area contributed by atoms with Crippen molar-refractivity contribution in [2.24, 2.45) is 0 Å². The van der Waals surface area contributed by atoms with E-state index in [4.69, 9.17) is 4.74 Å². The average Bonchev–Trinajstić information content (AvgIpc) is 2.39. The van der Waals surface area contributed by atoms with E-state index in [2.05, 4.69) is 12.0 Å². The topological polar surface area (TPSA) is 24.5 Å². The van der Waals surface area contributed by atoms with Gasteiger partial charge in [0, 0.05) is 19.2 Å². The lowest BCUT2D eigenvalue weighted by Gasteiger charge is -2.49. The lowest BCUT2D eigenvalue weighted by atomic mass is 9.75. The second-order valence-electron chi connectivity index (χ2n) is 5.35. The summed E-state index contributed by atoms with van der Waals surface area (Å²) in [5.41, 5.74) is 3.19. The van der Waals surface area contributed by atoms with Gasteiger partial charge in [0.15, 0.2) is 11.6 Å². The monoisotopic (exact) mass is 296 g/mol. The van der Waals surface area contributed by atoms with Crippen LogP contribution in [0, 0.1) is 11.6 Å². The molecule has 0 radical (unpaired) electrons. The van der Waals surface area contributed by atoms with E-state index in [1.807, 2.05) is 19.0 Å². The van der Waals surface area contributed by atoms with Crippen LogP contribution < -0.4 is 5.43 Å². The van der Waals surface area contributed by atoms with E-state index < -0.39 is 11.6 Å². The standard InChI is InChI=1S/C16H22F2N2O/c1-4-21-12(2)16(9-6-10-16)20(3)19-11-13-7-5-8-14(17)15(13)18/h5,7-8,19H,2,4,6,9-11H2,1,3H3. The van der Waals surface area contributed by atoms with Crippen LogP contribution in [-0.2, 0) is 11.3 Å². The summed E-state index contributed by atoms with van der Waals surface area (Å²) >= 11 is 0. The molecular weight excluding hydrogens is 274 g/mol. The van der Waals surface area contributed by atoms with Gasteiger partial charge in [-0.3, -0.25) is 0 Å². The van der Waals surface area contributed by atoms with E-state index in [-0.39, 0.29) is 12.1 Å². The highest BCUT2D eigenvalue weighted by molar-refractivity contribution is 5.19. The van der Waals surface area contributed by atoms with Gasteiger partial charge in [0.25, 0.3) is 0 Å². The molecule has 0 heterocycles. The second kappa shape index (κ2) is 6.54. The van der Waals surface area contributed by atoms with Crippen molar-refractivity contribution in [3.63, 3.8) is 0 Å². The van der Waals surface area contributed by atoms with Gasteiger partial charge in [-0.15, -0.1) is 0 Å². The number of likely N-dealkylation sites (N-methyl/N-ethyl adjacent to an activating group) is 1. The molecule has 0 saturated heterocycles. The number of halogens is 2. The Morgan fingerprint density at radius 3 is 2.71 bits per heavy atom. The first-order valence-corrected chi connectivity index (χ1v) is 7.23. The summed E-state index contributed by atoms with van der Waals surface area (Å²) in [5, 5.41) is 1.92. The minimum Gasteiger partial charge on any atom is -0.497 e. The Hall–Kier alpha value is -1.46. The third-order valence-electron chi connectivity index (χ3n) is 4.20. The maximum atomic E-state index is 13.6. The smallest absolute Gasteiger partial charge is 0.163 e. The summed E-state index contributed by atoms with van der Waals surface area (Å²) in [5.74, 6) is -0.898. The third-order valence-corrected chi connectivity index (χ3v) is 4.20. The van der Waals surface area contributed by atoms with Crippen LogP contribution >= 0.6 is 0 Å². The number of benzene rings is 1. The molecule has 21 heavy (non-hydrogen) atoms. The second-order valence-corrected chi connectivity index (χ2v) is 5.35. The summed E-state index contributed by atoms with van der Waals surface area (Å²) in [6, 6.07) is 4.20. The lowest BCUT2D eigenvalue weighted by Crippen LogP contribution is -2.58. The first-order valence-electron chi connectivity index (χ1n) is 7.23. The zero-order chi connectivity index (χ0) is 15.5. The number of hydrogen-bond acceptors (Lipinski definition) is 3. The molecule has 1 fully saturated rings. The summed E-state index contributed by atoms with van der Waals surface area (Å²) in [6.07, 6.45) is 2.99. The van der Waals surface area contributed by atoms with Crippen molar-refractivity contribution in [3.8, 4) is 0 Å². The van der Waals surface area contributed by atoms with E-state index in [9.17, 15) is 8.78 Å². The van der Waals surface area contributed by atoms with Crippen LogP contribution in [0.25, 0.3) is 0 Å². The molecule has 116 valence electrons. The minimum atomic E-state index is -0.825. The van der Waals surface area contributed by atoms with Gasteiger partial charge in [-0.05, 0) is 32.3 Å². The van der Waals surface area contributed by atoms with Crippen LogP contribution in [0.15, 0.2) is 30.5 Å². The molecule has 0 aromatic heterocycles. The van der Waals surface area contributed by atoms with Crippen molar-refractivity contribution in [1.82, 2.24) is 10.4 Å². The Balaban J connectivity index is 2.02. The van der Waals surface area contributed by atoms with Gasteiger partial charge < -0.3 is 4.74 Å². The molecule has 1 aliphatic rings. The van der Waals surface area contributed by atoms with E-state index in [0.717, 1.165) is 31.1 Å². The number of hydrazine groups is 1. The van der Waals surface area contributed by atoms with Crippen LogP contribution in [0.2, 0.25) is 0 Å². The van der Waals surface area contributed by atoms with Crippen molar-refractivity contribution in [2.75, 3.05) is 13.7 Å². The molecule has 0 bridgehead atoms. The molecule has 3 nitrogen and oxygen atoms in total. The fourth-order valence-electron chi connectivity index (χ4n) is 2.66. The van der Waals surface area contributed by atoms with Gasteiger partial charge >= 0.3 is 0 Å². The predicted molar refractivity (Wildman–Crippen MR) is 78.3 cm³/mol. The number of nitrogens with zero attached hydrogens (tertiary/aromatic N) is 1. The molecule has 0 atom stereocenters. The molecule has 1 aliphatic carbocycles. The van der Waals surface area contributed by atoms with Crippen molar-refractivity contribution < 1.29 is 13.5 Å². The van der Waals surface area contributed by atoms with Crippen molar-refractivity contribution >= 4 is 0 Å². The van der Waals surface area contributed by atoms with E-state index in [0.29, 0.717) is 12.2 Å². The van der Waals surface area contributed by atoms with Crippen LogP contribution in [-0.4, -0.2) is 24.2 Å². The number of rotatable bonds is 7. The normalized spacial score (nSPS) is 16.6. The molecule has 1 saturated carbocycles. The average molecular weight is 296 g/mol. The van der Waals surface area contributed by atoms with Gasteiger partial charge in [0.05, 0.1) is 12.1 Å². The Morgan fingerprint density at radius 2 is 2.14 bits per heavy atom. The first-order chi connectivity index (χ1) is 10.0. The van der Waals surface area contributed by atoms with Crippen LogP contribution in [0.5, 0.6) is 0 Å². The van der Waals surface area contributed by atoms with Gasteiger partial charge in [0.2, 0.25) is 0 Å². The lowest BCUT2D eigenvalue weighted by molar-refractivity contribution is -0.0205. The van der Waals surface area contributed by atoms with E-state index >= 15 is 0 Å². The summed E-state index contributed by atoms with van der Waals surface area (Å²) < 4.78 is 32.4. The zero-order valence-electron chi connectivity index (χ0n) is 12.6. The van der Waals surface area contributed by atoms with Crippen LogP contribution in [0.1, 0.15) is 31.7 Å². The highest BCUT2D eigenvalue weighted by Crippen LogP contribution is 2.41. The Bertz CT molecular complexity index is 515. The van der Waals surface area contributed by atoms with Gasteiger partial charge in [-0.1, -0.05) is 18.7 Å². The number of ether oxygens (including phenoxy) is 1. The molecule has 2 rings (SSSR count). The van der Waals surface area contributed by atoms with Crippen molar-refractivity contribution in [3.05, 3.63) is 47.7 Å². The fraction of sp³-hybridized carbons (Fsp3) is 0.500. The molecule has 0 unspecified atom stereocenters. The number of nitrogens with one attached hydrogen (secondary N) is 1. The van der Waals surface area contributed by atoms with Crippen LogP contribution in [0.4, 0.5) is 8.78 Å². The third kappa shape index (κ3) is 3.09. The molecule has 0 spiro atoms. The maximum absolute atomic E-state index is 13.6. The zero-order valence-corrected chi connectivity index (χ0v) is 12.6. The molecule has 5 heteroatoms. The minimum absolute atomic E-state index is 0.223. The highest BCUT2D eigenvalue weighted by atomic mass is 19.2. The fourth-order valence-corrected chi connectivity index (χ4v) is 2.66. The quantitative estimate of drug-likeness (QED) is 0.617. The summed E-state index contributed by atoms with van der Waals surface area (Å²) in [4.78, 5) is 0. The highest BCUT2D eigenvalue weighted by Gasteiger charge is 2.44. The van der Waals surface area contributed by atoms with Gasteiger partial charge in [0.1, 0.15) is 5.76 Å². The summed E-state index contributed by atoms with van der Waals surface area (Å²) in [7, 11) is 1.89. The summed E-state index contributed by atoms with van der Waals surface area (Å²) in [6.45, 7) is 6.73. The molecule has 1 aromatic carbocycles. The molecule has 0 aliphatic heterocycles. The van der Waals surface area contributed by atoms with Gasteiger partial charge in [-0.2, -0.15) is 0 Å². The van der Waals surface area contributed by atoms with Crippen LogP contribution in [0.3, 0.4) is 0 Å². The Labute approximate surface area is 124 Å². The predicted octanol–water partition coefficient (Wildman–Crippen LogP) is 3.37.